The van der Waals surface area contributed by atoms with Gasteiger partial charge in [0.05, 0.1) is 12.7 Å². The van der Waals surface area contributed by atoms with Gasteiger partial charge in [-0.05, 0) is 18.2 Å². The van der Waals surface area contributed by atoms with Crippen LogP contribution in [0.4, 0.5) is 5.69 Å². The first-order valence-electron chi connectivity index (χ1n) is 6.57. The zero-order chi connectivity index (χ0) is 14.8. The molecule has 0 unspecified atom stereocenters. The molecule has 0 fully saturated rings. The molecular formula is C16H15NO4. The summed E-state index contributed by atoms with van der Waals surface area (Å²) in [5, 5.41) is 0. The first-order valence-corrected chi connectivity index (χ1v) is 6.57. The van der Waals surface area contributed by atoms with Crippen molar-refractivity contribution in [3.05, 3.63) is 47.5 Å². The summed E-state index contributed by atoms with van der Waals surface area (Å²) >= 11 is 0. The van der Waals surface area contributed by atoms with Gasteiger partial charge in [-0.1, -0.05) is 12.1 Å². The van der Waals surface area contributed by atoms with E-state index >= 15 is 0 Å². The molecule has 5 heteroatoms. The van der Waals surface area contributed by atoms with Crippen molar-refractivity contribution in [1.82, 2.24) is 0 Å². The molecule has 0 spiro atoms. The predicted octanol–water partition coefficient (Wildman–Crippen LogP) is 2.28. The lowest BCUT2D eigenvalue weighted by atomic mass is 10.00. The van der Waals surface area contributed by atoms with Crippen LogP contribution in [0.25, 0.3) is 0 Å². The first-order chi connectivity index (χ1) is 10.2. The van der Waals surface area contributed by atoms with Crippen molar-refractivity contribution < 1.29 is 19.0 Å². The quantitative estimate of drug-likeness (QED) is 0.692. The highest BCUT2D eigenvalue weighted by Crippen LogP contribution is 2.36. The smallest absolute Gasteiger partial charge is 0.198 e. The van der Waals surface area contributed by atoms with Crippen LogP contribution in [0.15, 0.2) is 36.4 Å². The van der Waals surface area contributed by atoms with E-state index in [1.807, 2.05) is 6.07 Å². The summed E-state index contributed by atoms with van der Waals surface area (Å²) in [6, 6.07) is 10.3. The monoisotopic (exact) mass is 285 g/mol. The Balaban J connectivity index is 2.05. The third-order valence-electron chi connectivity index (χ3n) is 3.31. The Labute approximate surface area is 122 Å². The lowest BCUT2D eigenvalue weighted by molar-refractivity contribution is 0.103. The van der Waals surface area contributed by atoms with Crippen molar-refractivity contribution in [3.8, 4) is 17.2 Å². The highest BCUT2D eigenvalue weighted by Gasteiger charge is 2.21. The summed E-state index contributed by atoms with van der Waals surface area (Å²) in [6.07, 6.45) is 0. The maximum Gasteiger partial charge on any atom is 0.198 e. The second-order valence-electron chi connectivity index (χ2n) is 4.61. The van der Waals surface area contributed by atoms with E-state index in [-0.39, 0.29) is 5.78 Å². The molecule has 1 heterocycles. The molecule has 0 bridgehead atoms. The summed E-state index contributed by atoms with van der Waals surface area (Å²) in [4.78, 5) is 12.7. The Hall–Kier alpha value is -2.69. The van der Waals surface area contributed by atoms with Gasteiger partial charge in [-0.15, -0.1) is 0 Å². The summed E-state index contributed by atoms with van der Waals surface area (Å²) in [5.74, 6) is 1.41. The highest BCUT2D eigenvalue weighted by molar-refractivity contribution is 6.14. The third kappa shape index (κ3) is 2.38. The van der Waals surface area contributed by atoms with E-state index in [0.29, 0.717) is 47.3 Å². The molecule has 0 atom stereocenters. The number of hydrogen-bond acceptors (Lipinski definition) is 5. The lowest BCUT2D eigenvalue weighted by Gasteiger charge is -2.20. The number of hydrogen-bond donors (Lipinski definition) is 1. The van der Waals surface area contributed by atoms with Gasteiger partial charge in [0.15, 0.2) is 17.3 Å². The van der Waals surface area contributed by atoms with Gasteiger partial charge in [-0.25, -0.2) is 0 Å². The van der Waals surface area contributed by atoms with E-state index in [0.717, 1.165) is 0 Å². The molecule has 5 nitrogen and oxygen atoms in total. The number of anilines is 1. The van der Waals surface area contributed by atoms with Gasteiger partial charge in [0.1, 0.15) is 19.0 Å². The molecule has 21 heavy (non-hydrogen) atoms. The standard InChI is InChI=1S/C16H15NO4/c1-19-13-5-3-2-4-10(13)16(18)11-8-14-15(9-12(11)17)21-7-6-20-14/h2-5,8-9H,6-7,17H2,1H3. The van der Waals surface area contributed by atoms with Gasteiger partial charge < -0.3 is 19.9 Å². The zero-order valence-corrected chi connectivity index (χ0v) is 11.6. The molecule has 0 amide bonds. The molecule has 0 aromatic heterocycles. The zero-order valence-electron chi connectivity index (χ0n) is 11.6. The molecule has 108 valence electrons. The number of ketones is 1. The summed E-state index contributed by atoms with van der Waals surface area (Å²) in [7, 11) is 1.53. The van der Waals surface area contributed by atoms with Crippen LogP contribution in [0.2, 0.25) is 0 Å². The normalized spacial score (nSPS) is 12.8. The fraction of sp³-hybridized carbons (Fsp3) is 0.188. The first kappa shape index (κ1) is 13.3. The van der Waals surface area contributed by atoms with E-state index in [2.05, 4.69) is 0 Å². The second-order valence-corrected chi connectivity index (χ2v) is 4.61. The minimum atomic E-state index is -0.207. The Bertz CT molecular complexity index is 697. The minimum absolute atomic E-state index is 0.207. The fourth-order valence-electron chi connectivity index (χ4n) is 2.28. The van der Waals surface area contributed by atoms with Crippen molar-refractivity contribution in [3.63, 3.8) is 0 Å². The molecule has 2 N–H and O–H groups in total. The summed E-state index contributed by atoms with van der Waals surface area (Å²) < 4.78 is 16.2. The molecule has 0 saturated heterocycles. The number of methoxy groups -OCH3 is 1. The summed E-state index contributed by atoms with van der Waals surface area (Å²) in [6.45, 7) is 0.936. The van der Waals surface area contributed by atoms with Crippen LogP contribution < -0.4 is 19.9 Å². The highest BCUT2D eigenvalue weighted by atomic mass is 16.6. The Morgan fingerprint density at radius 3 is 2.48 bits per heavy atom. The number of nitrogens with two attached hydrogens (primary N) is 1. The maximum atomic E-state index is 12.7. The van der Waals surface area contributed by atoms with Crippen LogP contribution >= 0.6 is 0 Å². The van der Waals surface area contributed by atoms with Crippen LogP contribution in [0.3, 0.4) is 0 Å². The van der Waals surface area contributed by atoms with Gasteiger partial charge in [-0.3, -0.25) is 4.79 Å². The second kappa shape index (κ2) is 5.36. The fourth-order valence-corrected chi connectivity index (χ4v) is 2.28. The van der Waals surface area contributed by atoms with Crippen LogP contribution in [0.5, 0.6) is 17.2 Å². The number of fused-ring (bicyclic) bond motifs is 1. The van der Waals surface area contributed by atoms with Crippen LogP contribution in [-0.2, 0) is 0 Å². The average Bonchev–Trinajstić information content (AvgIpc) is 2.53. The third-order valence-corrected chi connectivity index (χ3v) is 3.31. The van der Waals surface area contributed by atoms with E-state index in [1.165, 1.54) is 7.11 Å². The van der Waals surface area contributed by atoms with Crippen molar-refractivity contribution in [1.29, 1.82) is 0 Å². The van der Waals surface area contributed by atoms with Gasteiger partial charge >= 0.3 is 0 Å². The van der Waals surface area contributed by atoms with Crippen LogP contribution in [0, 0.1) is 0 Å². The number of carbonyl (C=O) groups is 1. The molecule has 2 aromatic rings. The van der Waals surface area contributed by atoms with Crippen molar-refractivity contribution in [2.75, 3.05) is 26.1 Å². The Kier molecular flexibility index (Phi) is 3.39. The SMILES string of the molecule is COc1ccccc1C(=O)c1cc2c(cc1N)OCCO2. The number of carbonyl (C=O) groups excluding carboxylic acids is 1. The number of ether oxygens (including phenoxy) is 3. The van der Waals surface area contributed by atoms with Gasteiger partial charge in [0.25, 0.3) is 0 Å². The summed E-state index contributed by atoms with van der Waals surface area (Å²) in [5.41, 5.74) is 7.17. The molecule has 1 aliphatic rings. The topological polar surface area (TPSA) is 70.8 Å². The maximum absolute atomic E-state index is 12.7. The van der Waals surface area contributed by atoms with Gasteiger partial charge in [0, 0.05) is 17.3 Å². The van der Waals surface area contributed by atoms with Crippen molar-refractivity contribution >= 4 is 11.5 Å². The Morgan fingerprint density at radius 2 is 1.76 bits per heavy atom. The lowest BCUT2D eigenvalue weighted by Crippen LogP contribution is -2.17. The van der Waals surface area contributed by atoms with E-state index in [9.17, 15) is 4.79 Å². The number of para-hydroxylation sites is 1. The largest absolute Gasteiger partial charge is 0.496 e. The predicted molar refractivity (Wildman–Crippen MR) is 78.3 cm³/mol. The number of benzene rings is 2. The number of nitrogen functional groups attached to an aromatic ring is 1. The minimum Gasteiger partial charge on any atom is -0.496 e. The van der Waals surface area contributed by atoms with E-state index < -0.39 is 0 Å². The molecule has 3 rings (SSSR count). The Morgan fingerprint density at radius 1 is 1.10 bits per heavy atom. The molecule has 0 radical (unpaired) electrons. The average molecular weight is 285 g/mol. The molecule has 0 aliphatic carbocycles. The molecular weight excluding hydrogens is 270 g/mol. The van der Waals surface area contributed by atoms with E-state index in [1.54, 1.807) is 30.3 Å². The van der Waals surface area contributed by atoms with Gasteiger partial charge in [0.2, 0.25) is 0 Å². The van der Waals surface area contributed by atoms with E-state index in [4.69, 9.17) is 19.9 Å². The van der Waals surface area contributed by atoms with Crippen molar-refractivity contribution in [2.45, 2.75) is 0 Å². The number of rotatable bonds is 3. The van der Waals surface area contributed by atoms with Gasteiger partial charge in [-0.2, -0.15) is 0 Å². The van der Waals surface area contributed by atoms with Crippen LogP contribution in [-0.4, -0.2) is 26.1 Å². The molecule has 1 aliphatic heterocycles. The molecule has 2 aromatic carbocycles. The van der Waals surface area contributed by atoms with Crippen molar-refractivity contribution in [2.24, 2.45) is 0 Å². The molecule has 0 saturated carbocycles. The van der Waals surface area contributed by atoms with Crippen LogP contribution in [0.1, 0.15) is 15.9 Å².